The molecule has 1 saturated heterocycles. The highest BCUT2D eigenvalue weighted by Gasteiger charge is 2.21. The Labute approximate surface area is 186 Å². The summed E-state index contributed by atoms with van der Waals surface area (Å²) in [4.78, 5) is 25.0. The molecule has 0 spiro atoms. The Morgan fingerprint density at radius 3 is 2.54 bits per heavy atom. The molecule has 0 bridgehead atoms. The molecule has 1 aromatic rings. The zero-order chi connectivity index (χ0) is 19.6. The van der Waals surface area contributed by atoms with Crippen LogP contribution in [0.3, 0.4) is 0 Å². The minimum atomic E-state index is 0. The molecule has 0 saturated carbocycles. The van der Waals surface area contributed by atoms with Crippen LogP contribution in [0.4, 0.5) is 0 Å². The van der Waals surface area contributed by atoms with Gasteiger partial charge in [-0.05, 0) is 33.6 Å². The number of rotatable bonds is 8. The van der Waals surface area contributed by atoms with Gasteiger partial charge in [-0.15, -0.1) is 24.0 Å². The summed E-state index contributed by atoms with van der Waals surface area (Å²) < 4.78 is 2.18. The van der Waals surface area contributed by atoms with Crippen LogP contribution in [0, 0.1) is 6.92 Å². The average Bonchev–Trinajstić information content (AvgIpc) is 3.03. The van der Waals surface area contributed by atoms with Crippen molar-refractivity contribution in [3.05, 3.63) is 18.2 Å². The lowest BCUT2D eigenvalue weighted by Crippen LogP contribution is -2.54. The van der Waals surface area contributed by atoms with E-state index in [1.807, 2.05) is 40.2 Å². The van der Waals surface area contributed by atoms with Gasteiger partial charge in [0.1, 0.15) is 5.82 Å². The van der Waals surface area contributed by atoms with Crippen molar-refractivity contribution in [3.63, 3.8) is 0 Å². The fourth-order valence-corrected chi connectivity index (χ4v) is 3.27. The zero-order valence-electron chi connectivity index (χ0n) is 17.6. The number of nitrogens with one attached hydrogen (secondary N) is 2. The van der Waals surface area contributed by atoms with E-state index in [1.54, 1.807) is 0 Å². The van der Waals surface area contributed by atoms with Gasteiger partial charge < -0.3 is 20.1 Å². The number of amides is 1. The van der Waals surface area contributed by atoms with E-state index in [0.29, 0.717) is 6.54 Å². The van der Waals surface area contributed by atoms with Gasteiger partial charge in [-0.25, -0.2) is 4.98 Å². The minimum absolute atomic E-state index is 0. The lowest BCUT2D eigenvalue weighted by atomic mass is 10.3. The molecule has 1 aromatic heterocycles. The Bertz CT molecular complexity index is 609. The second-order valence-corrected chi connectivity index (χ2v) is 7.33. The molecule has 2 heterocycles. The molecule has 1 aliphatic rings. The Hall–Kier alpha value is -1.36. The summed E-state index contributed by atoms with van der Waals surface area (Å²) >= 11 is 0. The molecule has 0 aliphatic carbocycles. The molecule has 28 heavy (non-hydrogen) atoms. The highest BCUT2D eigenvalue weighted by atomic mass is 127. The number of carbonyl (C=O) groups is 1. The molecule has 2 N–H and O–H groups in total. The number of nitrogens with zero attached hydrogens (tertiary/aromatic N) is 5. The summed E-state index contributed by atoms with van der Waals surface area (Å²) in [5, 5.41) is 6.42. The molecule has 1 fully saturated rings. The predicted molar refractivity (Wildman–Crippen MR) is 124 cm³/mol. The third kappa shape index (κ3) is 8.34. The van der Waals surface area contributed by atoms with E-state index in [1.165, 1.54) is 0 Å². The molecular formula is C19H36IN7O. The van der Waals surface area contributed by atoms with Crippen LogP contribution in [-0.4, -0.2) is 83.6 Å². The molecule has 9 heteroatoms. The van der Waals surface area contributed by atoms with Gasteiger partial charge in [0, 0.05) is 64.8 Å². The maximum atomic E-state index is 11.9. The summed E-state index contributed by atoms with van der Waals surface area (Å²) in [5.74, 6) is 2.13. The first kappa shape index (κ1) is 24.7. The molecule has 0 atom stereocenters. The molecule has 0 unspecified atom stereocenters. The van der Waals surface area contributed by atoms with Crippen LogP contribution in [0.15, 0.2) is 17.4 Å². The van der Waals surface area contributed by atoms with E-state index in [2.05, 4.69) is 35.0 Å². The standard InChI is InChI=1S/C19H35N7O.HI/c1-16(2)23-18(27)15-24-11-13-26(14-12-24)19(20-4)22-7-5-6-9-25-10-8-21-17(25)3;/h8,10,16H,5-7,9,11-15H2,1-4H3,(H,20,22)(H,23,27);1H. The number of unbranched alkanes of at least 4 members (excludes halogenated alkanes) is 1. The monoisotopic (exact) mass is 505 g/mol. The van der Waals surface area contributed by atoms with Crippen LogP contribution >= 0.6 is 24.0 Å². The van der Waals surface area contributed by atoms with Crippen LogP contribution in [0.1, 0.15) is 32.5 Å². The summed E-state index contributed by atoms with van der Waals surface area (Å²) in [6.45, 7) is 12.0. The normalized spacial score (nSPS) is 15.5. The number of aryl methyl sites for hydroxylation is 2. The molecule has 1 amide bonds. The van der Waals surface area contributed by atoms with Crippen molar-refractivity contribution >= 4 is 35.8 Å². The summed E-state index contributed by atoms with van der Waals surface area (Å²) in [5.41, 5.74) is 0. The largest absolute Gasteiger partial charge is 0.356 e. The van der Waals surface area contributed by atoms with Crippen molar-refractivity contribution in [2.75, 3.05) is 46.3 Å². The Morgan fingerprint density at radius 1 is 1.25 bits per heavy atom. The number of carbonyl (C=O) groups excluding carboxylic acids is 1. The van der Waals surface area contributed by atoms with Crippen LogP contribution in [0.2, 0.25) is 0 Å². The van der Waals surface area contributed by atoms with E-state index in [9.17, 15) is 4.79 Å². The van der Waals surface area contributed by atoms with Gasteiger partial charge in [-0.3, -0.25) is 14.7 Å². The van der Waals surface area contributed by atoms with E-state index >= 15 is 0 Å². The molecular weight excluding hydrogens is 469 g/mol. The first-order valence-corrected chi connectivity index (χ1v) is 9.94. The number of aromatic nitrogens is 2. The summed E-state index contributed by atoms with van der Waals surface area (Å²) in [6, 6.07) is 0.194. The molecule has 2 rings (SSSR count). The molecule has 0 radical (unpaired) electrons. The Morgan fingerprint density at radius 2 is 1.96 bits per heavy atom. The number of halogens is 1. The highest BCUT2D eigenvalue weighted by Crippen LogP contribution is 2.03. The lowest BCUT2D eigenvalue weighted by Gasteiger charge is -2.36. The van der Waals surface area contributed by atoms with E-state index < -0.39 is 0 Å². The predicted octanol–water partition coefficient (Wildman–Crippen LogP) is 1.31. The number of guanidine groups is 1. The van der Waals surface area contributed by atoms with Gasteiger partial charge in [0.15, 0.2) is 5.96 Å². The smallest absolute Gasteiger partial charge is 0.234 e. The van der Waals surface area contributed by atoms with Gasteiger partial charge in [-0.1, -0.05) is 0 Å². The first-order valence-electron chi connectivity index (χ1n) is 9.94. The van der Waals surface area contributed by atoms with Crippen LogP contribution < -0.4 is 10.6 Å². The Balaban J connectivity index is 0.00000392. The van der Waals surface area contributed by atoms with Gasteiger partial charge in [-0.2, -0.15) is 0 Å². The maximum absolute atomic E-state index is 11.9. The number of aliphatic imine (C=N–C) groups is 1. The number of hydrogen-bond acceptors (Lipinski definition) is 4. The van der Waals surface area contributed by atoms with Crippen molar-refractivity contribution in [1.82, 2.24) is 30.0 Å². The number of hydrogen-bond donors (Lipinski definition) is 2. The topological polar surface area (TPSA) is 77.8 Å². The second-order valence-electron chi connectivity index (χ2n) is 7.33. The quantitative estimate of drug-likeness (QED) is 0.241. The lowest BCUT2D eigenvalue weighted by molar-refractivity contribution is -0.123. The van der Waals surface area contributed by atoms with Crippen molar-refractivity contribution in [2.24, 2.45) is 4.99 Å². The summed E-state index contributed by atoms with van der Waals surface area (Å²) in [7, 11) is 1.83. The molecule has 1 aliphatic heterocycles. The molecule has 0 aromatic carbocycles. The fraction of sp³-hybridized carbons (Fsp3) is 0.737. The highest BCUT2D eigenvalue weighted by molar-refractivity contribution is 14.0. The maximum Gasteiger partial charge on any atom is 0.234 e. The van der Waals surface area contributed by atoms with Crippen molar-refractivity contribution < 1.29 is 4.79 Å². The average molecular weight is 505 g/mol. The van der Waals surface area contributed by atoms with Crippen LogP contribution in [0.5, 0.6) is 0 Å². The second kappa shape index (κ2) is 13.0. The third-order valence-electron chi connectivity index (χ3n) is 4.73. The Kier molecular flexibility index (Phi) is 11.4. The van der Waals surface area contributed by atoms with Gasteiger partial charge in [0.25, 0.3) is 0 Å². The van der Waals surface area contributed by atoms with Gasteiger partial charge >= 0.3 is 0 Å². The van der Waals surface area contributed by atoms with Crippen molar-refractivity contribution in [2.45, 2.75) is 46.2 Å². The zero-order valence-corrected chi connectivity index (χ0v) is 20.0. The minimum Gasteiger partial charge on any atom is -0.356 e. The van der Waals surface area contributed by atoms with Crippen LogP contribution in [-0.2, 0) is 11.3 Å². The first-order chi connectivity index (χ1) is 13.0. The SMILES string of the molecule is CN=C(NCCCCn1ccnc1C)N1CCN(CC(=O)NC(C)C)CC1.I. The van der Waals surface area contributed by atoms with Crippen LogP contribution in [0.25, 0.3) is 0 Å². The van der Waals surface area contributed by atoms with Gasteiger partial charge in [0.05, 0.1) is 6.54 Å². The number of piperazine rings is 1. The fourth-order valence-electron chi connectivity index (χ4n) is 3.27. The van der Waals surface area contributed by atoms with E-state index in [0.717, 1.165) is 63.9 Å². The van der Waals surface area contributed by atoms with Crippen molar-refractivity contribution in [3.8, 4) is 0 Å². The molecule has 160 valence electrons. The molecule has 8 nitrogen and oxygen atoms in total. The van der Waals surface area contributed by atoms with Crippen molar-refractivity contribution in [1.29, 1.82) is 0 Å². The third-order valence-corrected chi connectivity index (χ3v) is 4.73. The van der Waals surface area contributed by atoms with E-state index in [4.69, 9.17) is 0 Å². The number of imidazole rings is 1. The van der Waals surface area contributed by atoms with E-state index in [-0.39, 0.29) is 35.9 Å². The summed E-state index contributed by atoms with van der Waals surface area (Å²) in [6.07, 6.45) is 6.08. The van der Waals surface area contributed by atoms with Gasteiger partial charge in [0.2, 0.25) is 5.91 Å².